The average molecular weight is 479 g/mol. The minimum atomic E-state index is -0.440. The van der Waals surface area contributed by atoms with Crippen molar-refractivity contribution in [3.05, 3.63) is 63.8 Å². The Hall–Kier alpha value is -3.26. The lowest BCUT2D eigenvalue weighted by Crippen LogP contribution is -2.12. The summed E-state index contributed by atoms with van der Waals surface area (Å²) in [5.41, 5.74) is 1.50. The molecule has 3 heterocycles. The molecule has 0 bridgehead atoms. The fraction of sp³-hybridized carbons (Fsp3) is 0.346. The van der Waals surface area contributed by atoms with Crippen LogP contribution in [0.4, 0.5) is 4.39 Å². The van der Waals surface area contributed by atoms with Crippen molar-refractivity contribution in [1.82, 2.24) is 20.2 Å². The minimum Gasteiger partial charge on any atom is -0.493 e. The molecule has 0 amide bonds. The Labute approximate surface area is 201 Å². The molecule has 8 heteroatoms. The summed E-state index contributed by atoms with van der Waals surface area (Å²) >= 11 is 1.67. The van der Waals surface area contributed by atoms with E-state index in [0.29, 0.717) is 46.5 Å². The highest BCUT2D eigenvalue weighted by Gasteiger charge is 2.26. The number of aromatic amines is 2. The molecule has 1 aromatic carbocycles. The molecule has 0 atom stereocenters. The molecular formula is C26H27FN4O2S. The summed E-state index contributed by atoms with van der Waals surface area (Å²) in [6.45, 7) is 2.72. The second-order valence-corrected chi connectivity index (χ2v) is 9.78. The number of aromatic nitrogens is 4. The summed E-state index contributed by atoms with van der Waals surface area (Å²) < 4.78 is 20.8. The maximum Gasteiger partial charge on any atom is 0.260 e. The maximum atomic E-state index is 15.1. The predicted molar refractivity (Wildman–Crippen MR) is 133 cm³/mol. The predicted octanol–water partition coefficient (Wildman–Crippen LogP) is 6.53. The fourth-order valence-corrected chi connectivity index (χ4v) is 5.27. The first-order valence-corrected chi connectivity index (χ1v) is 12.6. The van der Waals surface area contributed by atoms with Crippen LogP contribution in [0.1, 0.15) is 56.2 Å². The van der Waals surface area contributed by atoms with Gasteiger partial charge in [0, 0.05) is 26.9 Å². The molecule has 0 radical (unpaired) electrons. The van der Waals surface area contributed by atoms with E-state index in [-0.39, 0.29) is 5.56 Å². The first-order valence-electron chi connectivity index (χ1n) is 11.8. The zero-order chi connectivity index (χ0) is 23.5. The molecule has 6 nitrogen and oxygen atoms in total. The van der Waals surface area contributed by atoms with E-state index in [4.69, 9.17) is 4.74 Å². The van der Waals surface area contributed by atoms with Crippen molar-refractivity contribution in [2.24, 2.45) is 0 Å². The Balaban J connectivity index is 1.49. The van der Waals surface area contributed by atoms with Crippen LogP contribution in [0.25, 0.3) is 33.1 Å². The van der Waals surface area contributed by atoms with Crippen LogP contribution in [0, 0.1) is 5.82 Å². The number of nitrogens with one attached hydrogen (secondary N) is 2. The van der Waals surface area contributed by atoms with Crippen LogP contribution in [-0.4, -0.2) is 26.8 Å². The second kappa shape index (κ2) is 9.93. The van der Waals surface area contributed by atoms with Crippen molar-refractivity contribution in [3.8, 4) is 38.8 Å². The number of thiophene rings is 1. The summed E-state index contributed by atoms with van der Waals surface area (Å²) in [5, 5.41) is 6.69. The van der Waals surface area contributed by atoms with E-state index in [1.807, 2.05) is 12.1 Å². The second-order valence-electron chi connectivity index (χ2n) is 8.66. The van der Waals surface area contributed by atoms with Crippen molar-refractivity contribution in [1.29, 1.82) is 0 Å². The topological polar surface area (TPSA) is 83.7 Å². The summed E-state index contributed by atoms with van der Waals surface area (Å²) in [6, 6.07) is 10.8. The Kier molecular flexibility index (Phi) is 6.58. The van der Waals surface area contributed by atoms with Crippen LogP contribution >= 0.6 is 11.3 Å². The van der Waals surface area contributed by atoms with Crippen molar-refractivity contribution in [3.63, 3.8) is 0 Å². The highest BCUT2D eigenvalue weighted by atomic mass is 32.1. The van der Waals surface area contributed by atoms with Crippen LogP contribution in [0.15, 0.2) is 47.5 Å². The Morgan fingerprint density at radius 1 is 1.12 bits per heavy atom. The van der Waals surface area contributed by atoms with Gasteiger partial charge in [0.15, 0.2) is 5.82 Å². The van der Waals surface area contributed by atoms with Crippen molar-refractivity contribution in [2.75, 3.05) is 6.61 Å². The monoisotopic (exact) mass is 478 g/mol. The standard InChI is InChI=1S/C26H27FN4O2S/c1-2-3-4-5-12-33-17-8-9-18(20(27)13-17)21-14-19(23-11-10-22(34-23)16-6-7-16)24(26(32)30-21)25-28-15-29-31-25/h8-11,13-16H,2-7,12H2,1H3,(H,30,32)(H,28,29,31). The number of nitrogens with zero attached hydrogens (tertiary/aromatic N) is 2. The van der Waals surface area contributed by atoms with Crippen molar-refractivity contribution in [2.45, 2.75) is 51.4 Å². The van der Waals surface area contributed by atoms with Crippen LogP contribution < -0.4 is 10.3 Å². The highest BCUT2D eigenvalue weighted by molar-refractivity contribution is 7.15. The number of hydrogen-bond acceptors (Lipinski definition) is 5. The summed E-state index contributed by atoms with van der Waals surface area (Å²) in [6.07, 6.45) is 8.15. The number of benzene rings is 1. The van der Waals surface area contributed by atoms with Crippen molar-refractivity contribution < 1.29 is 9.13 Å². The molecule has 4 aromatic rings. The quantitative estimate of drug-likeness (QED) is 0.254. The van der Waals surface area contributed by atoms with E-state index in [2.05, 4.69) is 33.2 Å². The van der Waals surface area contributed by atoms with Gasteiger partial charge in [-0.2, -0.15) is 5.10 Å². The van der Waals surface area contributed by atoms with E-state index in [9.17, 15) is 4.79 Å². The molecule has 176 valence electrons. The molecule has 1 fully saturated rings. The first kappa shape index (κ1) is 22.5. The number of H-pyrrole nitrogens is 2. The van der Waals surface area contributed by atoms with E-state index in [1.54, 1.807) is 23.5 Å². The van der Waals surface area contributed by atoms with E-state index in [0.717, 1.165) is 24.1 Å². The lowest BCUT2D eigenvalue weighted by Gasteiger charge is -2.11. The third kappa shape index (κ3) is 4.82. The highest BCUT2D eigenvalue weighted by Crippen LogP contribution is 2.46. The molecule has 0 aliphatic heterocycles. The van der Waals surface area contributed by atoms with Gasteiger partial charge in [-0.3, -0.25) is 9.89 Å². The van der Waals surface area contributed by atoms with E-state index in [1.165, 1.54) is 36.5 Å². The normalized spacial score (nSPS) is 13.4. The van der Waals surface area contributed by atoms with Gasteiger partial charge in [0.05, 0.1) is 17.9 Å². The van der Waals surface area contributed by atoms with Crippen LogP contribution in [0.5, 0.6) is 5.75 Å². The molecule has 2 N–H and O–H groups in total. The summed E-state index contributed by atoms with van der Waals surface area (Å²) in [4.78, 5) is 22.5. The van der Waals surface area contributed by atoms with E-state index >= 15 is 4.39 Å². The van der Waals surface area contributed by atoms with Gasteiger partial charge in [-0.05, 0) is 55.5 Å². The minimum absolute atomic E-state index is 0.319. The Bertz CT molecular complexity index is 1330. The molecule has 3 aromatic heterocycles. The number of hydrogen-bond donors (Lipinski definition) is 2. The number of ether oxygens (including phenoxy) is 1. The first-order chi connectivity index (χ1) is 16.6. The van der Waals surface area contributed by atoms with Crippen LogP contribution in [-0.2, 0) is 0 Å². The summed E-state index contributed by atoms with van der Waals surface area (Å²) in [5.74, 6) is 1.05. The van der Waals surface area contributed by atoms with Crippen LogP contribution in [0.3, 0.4) is 0 Å². The lowest BCUT2D eigenvalue weighted by molar-refractivity contribution is 0.303. The fourth-order valence-electron chi connectivity index (χ4n) is 4.07. The molecule has 0 spiro atoms. The molecule has 1 saturated carbocycles. The number of rotatable bonds is 10. The summed E-state index contributed by atoms with van der Waals surface area (Å²) in [7, 11) is 0. The van der Waals surface area contributed by atoms with Gasteiger partial charge in [0.25, 0.3) is 5.56 Å². The van der Waals surface area contributed by atoms with Gasteiger partial charge in [-0.1, -0.05) is 26.2 Å². The van der Waals surface area contributed by atoms with Gasteiger partial charge in [0.1, 0.15) is 17.9 Å². The van der Waals surface area contributed by atoms with Gasteiger partial charge in [0.2, 0.25) is 0 Å². The largest absolute Gasteiger partial charge is 0.493 e. The number of halogens is 1. The number of unbranched alkanes of at least 4 members (excludes halogenated alkanes) is 3. The Morgan fingerprint density at radius 2 is 2.00 bits per heavy atom. The van der Waals surface area contributed by atoms with Gasteiger partial charge in [-0.25, -0.2) is 9.37 Å². The molecular weight excluding hydrogens is 451 g/mol. The van der Waals surface area contributed by atoms with Gasteiger partial charge in [-0.15, -0.1) is 11.3 Å². The SMILES string of the molecule is CCCCCCOc1ccc(-c2cc(-c3ccc(C4CC4)s3)c(-c3ncn[nH]3)c(=O)[nH]2)c(F)c1. The van der Waals surface area contributed by atoms with Gasteiger partial charge < -0.3 is 9.72 Å². The average Bonchev–Trinajstić information content (AvgIpc) is 3.31. The molecule has 1 aliphatic rings. The molecule has 0 saturated heterocycles. The van der Waals surface area contributed by atoms with Gasteiger partial charge >= 0.3 is 0 Å². The molecule has 5 rings (SSSR count). The van der Waals surface area contributed by atoms with E-state index < -0.39 is 5.82 Å². The smallest absolute Gasteiger partial charge is 0.260 e. The van der Waals surface area contributed by atoms with Crippen LogP contribution in [0.2, 0.25) is 0 Å². The molecule has 0 unspecified atom stereocenters. The zero-order valence-electron chi connectivity index (χ0n) is 19.1. The maximum absolute atomic E-state index is 15.1. The third-order valence-corrected chi connectivity index (χ3v) is 7.34. The lowest BCUT2D eigenvalue weighted by atomic mass is 10.0. The zero-order valence-corrected chi connectivity index (χ0v) is 19.9. The Morgan fingerprint density at radius 3 is 2.74 bits per heavy atom. The van der Waals surface area contributed by atoms with Crippen molar-refractivity contribution >= 4 is 11.3 Å². The molecule has 34 heavy (non-hydrogen) atoms. The third-order valence-electron chi connectivity index (χ3n) is 6.05. The molecule has 1 aliphatic carbocycles. The number of pyridine rings is 1.